The summed E-state index contributed by atoms with van der Waals surface area (Å²) in [6, 6.07) is 15.9. The number of hydrogen-bond acceptors (Lipinski definition) is 3. The first-order chi connectivity index (χ1) is 14.6. The normalized spacial score (nSPS) is 16.3. The molecule has 0 bridgehead atoms. The Morgan fingerprint density at radius 1 is 1.23 bits per heavy atom. The second kappa shape index (κ2) is 10.1. The zero-order valence-electron chi connectivity index (χ0n) is 17.8. The molecule has 0 fully saturated rings. The summed E-state index contributed by atoms with van der Waals surface area (Å²) in [6.45, 7) is 8.55. The van der Waals surface area contributed by atoms with Gasteiger partial charge in [-0.3, -0.25) is 9.59 Å². The third-order valence-electron chi connectivity index (χ3n) is 5.45. The highest BCUT2D eigenvalue weighted by atomic mass is 16.5. The molecule has 2 amide bonds. The molecule has 0 radical (unpaired) electrons. The van der Waals surface area contributed by atoms with Crippen molar-refractivity contribution in [2.24, 2.45) is 0 Å². The molecule has 0 spiro atoms. The van der Waals surface area contributed by atoms with E-state index in [-0.39, 0.29) is 17.9 Å². The van der Waals surface area contributed by atoms with Crippen LogP contribution in [0.25, 0.3) is 0 Å². The molecule has 1 heterocycles. The Kier molecular flexibility index (Phi) is 7.28. The molecule has 3 rings (SSSR count). The molecule has 1 N–H and O–H groups in total. The Balaban J connectivity index is 1.94. The van der Waals surface area contributed by atoms with E-state index in [0.29, 0.717) is 31.7 Å². The van der Waals surface area contributed by atoms with Crippen molar-refractivity contribution in [2.75, 3.05) is 13.1 Å². The Bertz CT molecular complexity index is 895. The van der Waals surface area contributed by atoms with E-state index in [0.717, 1.165) is 17.5 Å². The van der Waals surface area contributed by atoms with E-state index in [2.05, 4.69) is 30.1 Å². The van der Waals surface area contributed by atoms with Crippen molar-refractivity contribution in [3.8, 4) is 5.75 Å². The van der Waals surface area contributed by atoms with Gasteiger partial charge in [-0.05, 0) is 41.7 Å². The predicted molar refractivity (Wildman–Crippen MR) is 118 cm³/mol. The molecular formula is C25H30N2O3. The van der Waals surface area contributed by atoms with Crippen molar-refractivity contribution >= 4 is 11.8 Å². The molecule has 2 unspecified atom stereocenters. The molecule has 1 aliphatic heterocycles. The van der Waals surface area contributed by atoms with Gasteiger partial charge in [0.2, 0.25) is 5.91 Å². The largest absolute Gasteiger partial charge is 0.481 e. The van der Waals surface area contributed by atoms with Crippen LogP contribution in [-0.2, 0) is 16.0 Å². The lowest BCUT2D eigenvalue weighted by molar-refractivity contribution is -0.133. The van der Waals surface area contributed by atoms with Crippen molar-refractivity contribution in [2.45, 2.75) is 45.3 Å². The highest BCUT2D eigenvalue weighted by molar-refractivity contribution is 5.81. The van der Waals surface area contributed by atoms with Gasteiger partial charge in [0.05, 0.1) is 6.04 Å². The number of benzene rings is 2. The molecule has 0 saturated heterocycles. The van der Waals surface area contributed by atoms with Gasteiger partial charge in [-0.1, -0.05) is 56.3 Å². The number of nitrogens with zero attached hydrogens (tertiary/aromatic N) is 1. The van der Waals surface area contributed by atoms with E-state index in [1.807, 2.05) is 49.1 Å². The summed E-state index contributed by atoms with van der Waals surface area (Å²) >= 11 is 0. The second-order valence-electron chi connectivity index (χ2n) is 7.41. The first kappa shape index (κ1) is 21.6. The van der Waals surface area contributed by atoms with Gasteiger partial charge in [0.25, 0.3) is 5.91 Å². The van der Waals surface area contributed by atoms with Crippen LogP contribution in [0.1, 0.15) is 49.4 Å². The van der Waals surface area contributed by atoms with Crippen LogP contribution < -0.4 is 10.1 Å². The van der Waals surface area contributed by atoms with Crippen LogP contribution in [0.2, 0.25) is 0 Å². The molecule has 2 aromatic carbocycles. The van der Waals surface area contributed by atoms with Crippen LogP contribution in [0.4, 0.5) is 0 Å². The number of carbonyl (C=O) groups is 2. The maximum atomic E-state index is 12.7. The minimum absolute atomic E-state index is 0.135. The number of rotatable bonds is 8. The Labute approximate surface area is 178 Å². The molecule has 0 saturated carbocycles. The smallest absolute Gasteiger partial charge is 0.261 e. The summed E-state index contributed by atoms with van der Waals surface area (Å²) in [6.07, 6.45) is 2.91. The zero-order valence-corrected chi connectivity index (χ0v) is 17.8. The third kappa shape index (κ3) is 4.73. The molecule has 30 heavy (non-hydrogen) atoms. The summed E-state index contributed by atoms with van der Waals surface area (Å²) in [5.41, 5.74) is 3.35. The van der Waals surface area contributed by atoms with E-state index in [4.69, 9.17) is 4.74 Å². The number of amides is 2. The van der Waals surface area contributed by atoms with Gasteiger partial charge in [0, 0.05) is 19.5 Å². The van der Waals surface area contributed by atoms with Crippen LogP contribution >= 0.6 is 0 Å². The Hall–Kier alpha value is -3.08. The summed E-state index contributed by atoms with van der Waals surface area (Å²) in [5.74, 6) is 0.620. The van der Waals surface area contributed by atoms with E-state index >= 15 is 0 Å². The van der Waals surface area contributed by atoms with Crippen molar-refractivity contribution in [1.82, 2.24) is 10.2 Å². The molecule has 2 aromatic rings. The van der Waals surface area contributed by atoms with Gasteiger partial charge in [0.1, 0.15) is 5.75 Å². The number of fused-ring (bicyclic) bond motifs is 1. The Morgan fingerprint density at radius 3 is 2.67 bits per heavy atom. The monoisotopic (exact) mass is 406 g/mol. The summed E-state index contributed by atoms with van der Waals surface area (Å²) in [5, 5.41) is 2.80. The molecule has 0 aliphatic carbocycles. The minimum Gasteiger partial charge on any atom is -0.481 e. The lowest BCUT2D eigenvalue weighted by Crippen LogP contribution is -2.40. The fraction of sp³-hybridized carbons (Fsp3) is 0.360. The van der Waals surface area contributed by atoms with Gasteiger partial charge in [-0.15, -0.1) is 6.58 Å². The fourth-order valence-electron chi connectivity index (χ4n) is 3.91. The first-order valence-electron chi connectivity index (χ1n) is 10.6. The van der Waals surface area contributed by atoms with Crippen LogP contribution in [0.15, 0.2) is 61.2 Å². The molecule has 5 heteroatoms. The average molecular weight is 407 g/mol. The highest BCUT2D eigenvalue weighted by Crippen LogP contribution is 2.37. The fourth-order valence-corrected chi connectivity index (χ4v) is 3.91. The standard InChI is InChI=1S/C25H30N2O3/c1-4-15-26-25(29)22(5-2)30-20-13-12-18-14-16-27(23(28)6-3)24(21(18)17-20)19-10-8-7-9-11-19/h4,7-13,17,22,24H,1,5-6,14-16H2,2-3H3,(H,26,29). The SMILES string of the molecule is C=CCNC(=O)C(CC)Oc1ccc2c(c1)C(c1ccccc1)N(C(=O)CC)CC2. The van der Waals surface area contributed by atoms with E-state index in [1.54, 1.807) is 6.08 Å². The second-order valence-corrected chi connectivity index (χ2v) is 7.41. The predicted octanol–water partition coefficient (Wildman–Crippen LogP) is 4.03. The van der Waals surface area contributed by atoms with E-state index < -0.39 is 6.10 Å². The van der Waals surface area contributed by atoms with Crippen LogP contribution in [0.5, 0.6) is 5.75 Å². The number of hydrogen-bond donors (Lipinski definition) is 1. The van der Waals surface area contributed by atoms with Crippen molar-refractivity contribution in [1.29, 1.82) is 0 Å². The van der Waals surface area contributed by atoms with Crippen molar-refractivity contribution in [3.63, 3.8) is 0 Å². The third-order valence-corrected chi connectivity index (χ3v) is 5.45. The van der Waals surface area contributed by atoms with Gasteiger partial charge in [-0.25, -0.2) is 0 Å². The van der Waals surface area contributed by atoms with Gasteiger partial charge < -0.3 is 15.0 Å². The summed E-state index contributed by atoms with van der Waals surface area (Å²) in [4.78, 5) is 27.0. The van der Waals surface area contributed by atoms with Crippen LogP contribution in [0, 0.1) is 0 Å². The molecule has 158 valence electrons. The lowest BCUT2D eigenvalue weighted by atomic mass is 9.87. The molecule has 0 aromatic heterocycles. The molecule has 2 atom stereocenters. The summed E-state index contributed by atoms with van der Waals surface area (Å²) in [7, 11) is 0. The van der Waals surface area contributed by atoms with E-state index in [1.165, 1.54) is 5.56 Å². The van der Waals surface area contributed by atoms with Crippen molar-refractivity contribution in [3.05, 3.63) is 77.9 Å². The molecule has 5 nitrogen and oxygen atoms in total. The molecular weight excluding hydrogens is 376 g/mol. The lowest BCUT2D eigenvalue weighted by Gasteiger charge is -2.38. The first-order valence-corrected chi connectivity index (χ1v) is 10.6. The molecule has 1 aliphatic rings. The maximum Gasteiger partial charge on any atom is 0.261 e. The number of ether oxygens (including phenoxy) is 1. The van der Waals surface area contributed by atoms with Gasteiger partial charge in [-0.2, -0.15) is 0 Å². The topological polar surface area (TPSA) is 58.6 Å². The average Bonchev–Trinajstić information content (AvgIpc) is 2.80. The van der Waals surface area contributed by atoms with E-state index in [9.17, 15) is 9.59 Å². The zero-order chi connectivity index (χ0) is 21.5. The van der Waals surface area contributed by atoms with Gasteiger partial charge >= 0.3 is 0 Å². The van der Waals surface area contributed by atoms with Crippen LogP contribution in [-0.4, -0.2) is 35.9 Å². The quantitative estimate of drug-likeness (QED) is 0.674. The van der Waals surface area contributed by atoms with Gasteiger partial charge in [0.15, 0.2) is 6.10 Å². The maximum absolute atomic E-state index is 12.7. The highest BCUT2D eigenvalue weighted by Gasteiger charge is 2.32. The van der Waals surface area contributed by atoms with Crippen LogP contribution in [0.3, 0.4) is 0 Å². The minimum atomic E-state index is -0.574. The summed E-state index contributed by atoms with van der Waals surface area (Å²) < 4.78 is 6.05. The number of nitrogens with one attached hydrogen (secondary N) is 1. The number of carbonyl (C=O) groups excluding carboxylic acids is 2. The Morgan fingerprint density at radius 2 is 2.00 bits per heavy atom. The van der Waals surface area contributed by atoms with Crippen molar-refractivity contribution < 1.29 is 14.3 Å².